The van der Waals surface area contributed by atoms with Gasteiger partial charge in [-0.15, -0.1) is 0 Å². The number of para-hydroxylation sites is 1. The Kier molecular flexibility index (Phi) is 9.36. The fourth-order valence-electron chi connectivity index (χ4n) is 5.55. The first-order chi connectivity index (χ1) is 18.0. The van der Waals surface area contributed by atoms with Crippen molar-refractivity contribution in [2.45, 2.75) is 44.6 Å². The SMILES string of the molecule is COc1ccc2nccc([C@H](O)CC[C@@H]3CCN(CCCCc4ccccc4OC)C[C@@H]3C(=O)O)c2c1. The Hall–Kier alpha value is -3.16. The van der Waals surface area contributed by atoms with Gasteiger partial charge >= 0.3 is 5.97 Å². The number of benzene rings is 2. The number of ether oxygens (including phenoxy) is 2. The Morgan fingerprint density at radius 2 is 1.97 bits per heavy atom. The van der Waals surface area contributed by atoms with Crippen LogP contribution in [0.5, 0.6) is 11.5 Å². The van der Waals surface area contributed by atoms with Crippen LogP contribution in [0, 0.1) is 11.8 Å². The van der Waals surface area contributed by atoms with Crippen LogP contribution in [-0.2, 0) is 11.2 Å². The van der Waals surface area contributed by atoms with Gasteiger partial charge in [0.25, 0.3) is 0 Å². The highest BCUT2D eigenvalue weighted by molar-refractivity contribution is 5.83. The number of rotatable bonds is 12. The quantitative estimate of drug-likeness (QED) is 0.330. The molecule has 0 unspecified atom stereocenters. The van der Waals surface area contributed by atoms with Crippen molar-refractivity contribution in [3.8, 4) is 11.5 Å². The van der Waals surface area contributed by atoms with Gasteiger partial charge in [-0.25, -0.2) is 0 Å². The van der Waals surface area contributed by atoms with E-state index in [4.69, 9.17) is 9.47 Å². The maximum absolute atomic E-state index is 12.1. The molecule has 2 aromatic carbocycles. The summed E-state index contributed by atoms with van der Waals surface area (Å²) in [6.45, 7) is 2.37. The number of methoxy groups -OCH3 is 2. The van der Waals surface area contributed by atoms with Crippen molar-refractivity contribution in [1.29, 1.82) is 0 Å². The number of carbonyl (C=O) groups is 1. The van der Waals surface area contributed by atoms with E-state index in [1.54, 1.807) is 20.4 Å². The lowest BCUT2D eigenvalue weighted by Gasteiger charge is -2.37. The van der Waals surface area contributed by atoms with E-state index in [9.17, 15) is 15.0 Å². The topological polar surface area (TPSA) is 92.1 Å². The van der Waals surface area contributed by atoms with Crippen LogP contribution >= 0.6 is 0 Å². The number of likely N-dealkylation sites (tertiary alicyclic amines) is 1. The van der Waals surface area contributed by atoms with E-state index in [0.717, 1.165) is 66.7 Å². The van der Waals surface area contributed by atoms with Crippen molar-refractivity contribution in [2.24, 2.45) is 11.8 Å². The molecule has 7 heteroatoms. The van der Waals surface area contributed by atoms with Crippen molar-refractivity contribution < 1.29 is 24.5 Å². The third-order valence-electron chi connectivity index (χ3n) is 7.67. The molecule has 0 spiro atoms. The van der Waals surface area contributed by atoms with E-state index >= 15 is 0 Å². The van der Waals surface area contributed by atoms with Crippen LogP contribution in [0.4, 0.5) is 0 Å². The number of aliphatic hydroxyl groups excluding tert-OH is 1. The van der Waals surface area contributed by atoms with Crippen molar-refractivity contribution in [3.05, 3.63) is 65.9 Å². The fourth-order valence-corrected chi connectivity index (χ4v) is 5.55. The average molecular weight is 507 g/mol. The molecular formula is C30H38N2O5. The normalized spacial score (nSPS) is 19.0. The zero-order valence-corrected chi connectivity index (χ0v) is 21.8. The molecule has 0 saturated carbocycles. The van der Waals surface area contributed by atoms with Crippen LogP contribution < -0.4 is 9.47 Å². The minimum absolute atomic E-state index is 0.0552. The molecule has 198 valence electrons. The highest BCUT2D eigenvalue weighted by Crippen LogP contribution is 2.34. The zero-order valence-electron chi connectivity index (χ0n) is 21.8. The Morgan fingerprint density at radius 1 is 1.14 bits per heavy atom. The lowest BCUT2D eigenvalue weighted by atomic mass is 9.81. The van der Waals surface area contributed by atoms with Crippen molar-refractivity contribution >= 4 is 16.9 Å². The number of aromatic nitrogens is 1. The van der Waals surface area contributed by atoms with Crippen molar-refractivity contribution in [3.63, 3.8) is 0 Å². The number of aliphatic hydroxyl groups is 1. The first-order valence-electron chi connectivity index (χ1n) is 13.2. The maximum atomic E-state index is 12.1. The predicted octanol–water partition coefficient (Wildman–Crippen LogP) is 5.11. The standard InChI is InChI=1S/C30H38N2O5/c1-36-23-11-12-27-25(19-23)24(14-16-31-27)28(33)13-10-21-15-18-32(20-26(21)30(34)35)17-6-5-8-22-7-3-4-9-29(22)37-2/h3-4,7,9,11-12,14,16,19,21,26,28,33H,5-6,8,10,13,15,17-18,20H2,1-2H3,(H,34,35)/t21-,26+,28-/m1/s1. The highest BCUT2D eigenvalue weighted by atomic mass is 16.5. The Balaban J connectivity index is 1.29. The molecule has 2 N–H and O–H groups in total. The third-order valence-corrected chi connectivity index (χ3v) is 7.67. The van der Waals surface area contributed by atoms with E-state index in [0.29, 0.717) is 19.4 Å². The van der Waals surface area contributed by atoms with Crippen LogP contribution in [0.15, 0.2) is 54.7 Å². The summed E-state index contributed by atoms with van der Waals surface area (Å²) >= 11 is 0. The first kappa shape index (κ1) is 26.9. The summed E-state index contributed by atoms with van der Waals surface area (Å²) in [7, 11) is 3.32. The smallest absolute Gasteiger partial charge is 0.308 e. The van der Waals surface area contributed by atoms with Gasteiger partial charge in [-0.05, 0) is 99.0 Å². The molecule has 1 fully saturated rings. The number of nitrogens with zero attached hydrogens (tertiary/aromatic N) is 2. The minimum atomic E-state index is -0.739. The lowest BCUT2D eigenvalue weighted by molar-refractivity contribution is -0.146. The molecule has 1 saturated heterocycles. The molecule has 37 heavy (non-hydrogen) atoms. The van der Waals surface area contributed by atoms with Gasteiger partial charge in [0.05, 0.1) is 31.8 Å². The summed E-state index contributed by atoms with van der Waals surface area (Å²) in [6.07, 6.45) is 6.07. The number of pyridine rings is 1. The van der Waals surface area contributed by atoms with Crippen LogP contribution in [0.1, 0.15) is 49.3 Å². The largest absolute Gasteiger partial charge is 0.497 e. The molecule has 7 nitrogen and oxygen atoms in total. The van der Waals surface area contributed by atoms with Gasteiger partial charge in [0.15, 0.2) is 0 Å². The van der Waals surface area contributed by atoms with Crippen molar-refractivity contribution in [1.82, 2.24) is 9.88 Å². The predicted molar refractivity (Wildman–Crippen MR) is 144 cm³/mol. The summed E-state index contributed by atoms with van der Waals surface area (Å²) in [6, 6.07) is 15.6. The molecule has 1 aromatic heterocycles. The monoisotopic (exact) mass is 506 g/mol. The number of unbranched alkanes of at least 4 members (excludes halogenated alkanes) is 1. The summed E-state index contributed by atoms with van der Waals surface area (Å²) in [5.74, 6) is 0.548. The minimum Gasteiger partial charge on any atom is -0.497 e. The number of hydrogen-bond acceptors (Lipinski definition) is 6. The van der Waals surface area contributed by atoms with E-state index in [1.165, 1.54) is 5.56 Å². The van der Waals surface area contributed by atoms with Crippen LogP contribution in [0.2, 0.25) is 0 Å². The molecule has 1 aliphatic rings. The number of carboxylic acid groups (broad SMARTS) is 1. The zero-order chi connectivity index (χ0) is 26.2. The first-order valence-corrected chi connectivity index (χ1v) is 13.2. The number of piperidine rings is 1. The summed E-state index contributed by atoms with van der Waals surface area (Å²) in [5, 5.41) is 21.9. The fraction of sp³-hybridized carbons (Fsp3) is 0.467. The number of hydrogen-bond donors (Lipinski definition) is 2. The Morgan fingerprint density at radius 3 is 2.76 bits per heavy atom. The third kappa shape index (κ3) is 6.79. The highest BCUT2D eigenvalue weighted by Gasteiger charge is 2.34. The summed E-state index contributed by atoms with van der Waals surface area (Å²) < 4.78 is 10.8. The second kappa shape index (κ2) is 12.9. The van der Waals surface area contributed by atoms with E-state index in [-0.39, 0.29) is 5.92 Å². The Labute approximate surface area is 219 Å². The number of aryl methyl sites for hydroxylation is 1. The van der Waals surface area contributed by atoms with E-state index in [2.05, 4.69) is 16.0 Å². The average Bonchev–Trinajstić information content (AvgIpc) is 2.93. The Bertz CT molecular complexity index is 1180. The van der Waals surface area contributed by atoms with Gasteiger partial charge in [0.1, 0.15) is 11.5 Å². The molecule has 0 aliphatic carbocycles. The van der Waals surface area contributed by atoms with E-state index in [1.807, 2.05) is 42.5 Å². The molecule has 4 rings (SSSR count). The molecule has 0 radical (unpaired) electrons. The lowest BCUT2D eigenvalue weighted by Crippen LogP contribution is -2.44. The van der Waals surface area contributed by atoms with Crippen LogP contribution in [-0.4, -0.2) is 59.9 Å². The molecule has 0 amide bonds. The van der Waals surface area contributed by atoms with Gasteiger partial charge in [-0.1, -0.05) is 18.2 Å². The van der Waals surface area contributed by atoms with Crippen LogP contribution in [0.25, 0.3) is 10.9 Å². The van der Waals surface area contributed by atoms with Crippen LogP contribution in [0.3, 0.4) is 0 Å². The molecular weight excluding hydrogens is 468 g/mol. The summed E-state index contributed by atoms with van der Waals surface area (Å²) in [5.41, 5.74) is 2.83. The number of carboxylic acids is 1. The summed E-state index contributed by atoms with van der Waals surface area (Å²) in [4.78, 5) is 18.8. The van der Waals surface area contributed by atoms with Gasteiger partial charge in [-0.3, -0.25) is 9.78 Å². The molecule has 2 heterocycles. The number of fused-ring (bicyclic) bond motifs is 1. The second-order valence-corrected chi connectivity index (χ2v) is 9.94. The molecule has 3 atom stereocenters. The van der Waals surface area contributed by atoms with Gasteiger partial charge in [0, 0.05) is 18.1 Å². The molecule has 3 aromatic rings. The van der Waals surface area contributed by atoms with E-state index < -0.39 is 18.0 Å². The maximum Gasteiger partial charge on any atom is 0.308 e. The molecule has 1 aliphatic heterocycles. The second-order valence-electron chi connectivity index (χ2n) is 9.94. The van der Waals surface area contributed by atoms with Gasteiger partial charge in [-0.2, -0.15) is 0 Å². The van der Waals surface area contributed by atoms with Gasteiger partial charge in [0.2, 0.25) is 0 Å². The number of aliphatic carboxylic acids is 1. The van der Waals surface area contributed by atoms with Crippen molar-refractivity contribution in [2.75, 3.05) is 33.9 Å². The molecule has 0 bridgehead atoms. The van der Waals surface area contributed by atoms with Gasteiger partial charge < -0.3 is 24.6 Å².